The molecule has 1 heterocycles. The summed E-state index contributed by atoms with van der Waals surface area (Å²) in [5.41, 5.74) is 2.00. The largest absolute Gasteiger partial charge is 0.507 e. The molecular weight excluding hydrogens is 344 g/mol. The van der Waals surface area contributed by atoms with E-state index in [9.17, 15) is 9.90 Å². The number of rotatable bonds is 1. The van der Waals surface area contributed by atoms with Crippen LogP contribution >= 0.6 is 11.3 Å². The number of thiazole rings is 1. The molecule has 0 fully saturated rings. The maximum absolute atomic E-state index is 12.5. The van der Waals surface area contributed by atoms with Gasteiger partial charge in [0, 0.05) is 24.3 Å². The Kier molecular flexibility index (Phi) is 5.21. The third-order valence-electron chi connectivity index (χ3n) is 4.29. The van der Waals surface area contributed by atoms with Crippen LogP contribution in [0.15, 0.2) is 16.9 Å². The second kappa shape index (κ2) is 6.77. The van der Waals surface area contributed by atoms with Crippen LogP contribution in [0.3, 0.4) is 0 Å². The minimum Gasteiger partial charge on any atom is -0.507 e. The normalized spacial score (nSPS) is 13.9. The summed E-state index contributed by atoms with van der Waals surface area (Å²) in [5, 5.41) is 19.7. The summed E-state index contributed by atoms with van der Waals surface area (Å²) in [6.45, 7) is 12.3. The predicted octanol–water partition coefficient (Wildman–Crippen LogP) is 2.88. The minimum absolute atomic E-state index is 0.126. The molecule has 5 heteroatoms. The van der Waals surface area contributed by atoms with Gasteiger partial charge in [0.1, 0.15) is 10.4 Å². The van der Waals surface area contributed by atoms with E-state index in [1.807, 2.05) is 24.3 Å². The highest BCUT2D eigenvalue weighted by Crippen LogP contribution is 2.39. The summed E-state index contributed by atoms with van der Waals surface area (Å²) in [7, 11) is 1.66. The average molecular weight is 371 g/mol. The quantitative estimate of drug-likeness (QED) is 0.839. The Morgan fingerprint density at radius 3 is 2.04 bits per heavy atom. The number of phenols is 1. The van der Waals surface area contributed by atoms with Gasteiger partial charge in [-0.1, -0.05) is 41.5 Å². The SMILES string of the molecule is Cn1c(=O)/c(=C\c2cc(C(C)(C)C)c(O)c(C(C)(C)C)c2)s/c1=C\C#N. The molecule has 26 heavy (non-hydrogen) atoms. The number of nitriles is 1. The summed E-state index contributed by atoms with van der Waals surface area (Å²) < 4.78 is 2.67. The monoisotopic (exact) mass is 370 g/mol. The van der Waals surface area contributed by atoms with E-state index in [4.69, 9.17) is 5.26 Å². The molecule has 1 N–H and O–H groups in total. The van der Waals surface area contributed by atoms with Crippen molar-refractivity contribution in [3.05, 3.63) is 48.4 Å². The number of benzene rings is 1. The molecule has 0 bridgehead atoms. The van der Waals surface area contributed by atoms with Gasteiger partial charge in [-0.15, -0.1) is 11.3 Å². The van der Waals surface area contributed by atoms with Crippen LogP contribution in [0.25, 0.3) is 12.2 Å². The highest BCUT2D eigenvalue weighted by molar-refractivity contribution is 7.07. The van der Waals surface area contributed by atoms with Crippen molar-refractivity contribution in [3.8, 4) is 11.8 Å². The van der Waals surface area contributed by atoms with Crippen LogP contribution in [0.2, 0.25) is 0 Å². The van der Waals surface area contributed by atoms with Gasteiger partial charge in [-0.3, -0.25) is 4.79 Å². The van der Waals surface area contributed by atoms with Crippen molar-refractivity contribution in [2.75, 3.05) is 0 Å². The summed E-state index contributed by atoms with van der Waals surface area (Å²) in [5.74, 6) is 0.319. The molecule has 0 amide bonds. The van der Waals surface area contributed by atoms with Crippen molar-refractivity contribution < 1.29 is 5.11 Å². The molecule has 1 aromatic heterocycles. The van der Waals surface area contributed by atoms with Gasteiger partial charge in [-0.2, -0.15) is 5.26 Å². The number of aromatic nitrogens is 1. The van der Waals surface area contributed by atoms with Crippen molar-refractivity contribution in [3.63, 3.8) is 0 Å². The highest BCUT2D eigenvalue weighted by Gasteiger charge is 2.26. The minimum atomic E-state index is -0.228. The average Bonchev–Trinajstić information content (AvgIpc) is 2.75. The van der Waals surface area contributed by atoms with Crippen LogP contribution < -0.4 is 14.8 Å². The van der Waals surface area contributed by atoms with E-state index in [1.165, 1.54) is 22.0 Å². The first-order valence-corrected chi connectivity index (χ1v) is 9.33. The summed E-state index contributed by atoms with van der Waals surface area (Å²) in [6, 6.07) is 5.86. The Bertz CT molecular complexity index is 1020. The third kappa shape index (κ3) is 3.91. The molecule has 0 radical (unpaired) electrons. The van der Waals surface area contributed by atoms with E-state index in [1.54, 1.807) is 7.05 Å². The summed E-state index contributed by atoms with van der Waals surface area (Å²) in [6.07, 6.45) is 3.22. The fraction of sp³-hybridized carbons (Fsp3) is 0.429. The molecule has 0 spiro atoms. The number of aromatic hydroxyl groups is 1. The molecule has 138 valence electrons. The van der Waals surface area contributed by atoms with Gasteiger partial charge in [-0.05, 0) is 34.6 Å². The van der Waals surface area contributed by atoms with Crippen LogP contribution in [0.5, 0.6) is 5.75 Å². The lowest BCUT2D eigenvalue weighted by molar-refractivity contribution is 0.423. The second-order valence-electron chi connectivity index (χ2n) is 8.55. The lowest BCUT2D eigenvalue weighted by atomic mass is 9.78. The molecule has 0 unspecified atom stereocenters. The highest BCUT2D eigenvalue weighted by atomic mass is 32.1. The molecule has 2 rings (SSSR count). The van der Waals surface area contributed by atoms with Crippen molar-refractivity contribution in [1.82, 2.24) is 4.57 Å². The molecule has 4 nitrogen and oxygen atoms in total. The third-order valence-corrected chi connectivity index (χ3v) is 5.41. The molecule has 1 aromatic carbocycles. The van der Waals surface area contributed by atoms with Crippen molar-refractivity contribution in [1.29, 1.82) is 5.26 Å². The predicted molar refractivity (Wildman–Crippen MR) is 108 cm³/mol. The topological polar surface area (TPSA) is 66.0 Å². The molecule has 0 aliphatic heterocycles. The maximum Gasteiger partial charge on any atom is 0.268 e. The fourth-order valence-corrected chi connectivity index (χ4v) is 3.77. The maximum atomic E-state index is 12.5. The van der Waals surface area contributed by atoms with Crippen molar-refractivity contribution >= 4 is 23.5 Å². The van der Waals surface area contributed by atoms with E-state index >= 15 is 0 Å². The first-order valence-electron chi connectivity index (χ1n) is 8.51. The number of phenolic OH excluding ortho intramolecular Hbond substituents is 1. The first kappa shape index (κ1) is 20.0. The fourth-order valence-electron chi connectivity index (χ4n) is 2.80. The van der Waals surface area contributed by atoms with E-state index in [-0.39, 0.29) is 16.4 Å². The molecular formula is C21H26N2O2S. The van der Waals surface area contributed by atoms with Gasteiger partial charge in [-0.25, -0.2) is 0 Å². The van der Waals surface area contributed by atoms with E-state index in [0.717, 1.165) is 16.7 Å². The van der Waals surface area contributed by atoms with Gasteiger partial charge in [0.15, 0.2) is 0 Å². The van der Waals surface area contributed by atoms with E-state index in [0.29, 0.717) is 14.9 Å². The lowest BCUT2D eigenvalue weighted by Gasteiger charge is -2.27. The lowest BCUT2D eigenvalue weighted by Crippen LogP contribution is -2.28. The Balaban J connectivity index is 2.85. The van der Waals surface area contributed by atoms with Gasteiger partial charge < -0.3 is 9.67 Å². The molecule has 0 aliphatic carbocycles. The molecule has 0 saturated heterocycles. The number of nitrogens with zero attached hydrogens (tertiary/aromatic N) is 2. The van der Waals surface area contributed by atoms with Crippen LogP contribution in [-0.2, 0) is 17.9 Å². The van der Waals surface area contributed by atoms with Crippen LogP contribution in [0.4, 0.5) is 0 Å². The van der Waals surface area contributed by atoms with E-state index < -0.39 is 0 Å². The van der Waals surface area contributed by atoms with Gasteiger partial charge >= 0.3 is 0 Å². The summed E-state index contributed by atoms with van der Waals surface area (Å²) >= 11 is 1.29. The van der Waals surface area contributed by atoms with Crippen molar-refractivity contribution in [2.24, 2.45) is 7.05 Å². The zero-order valence-electron chi connectivity index (χ0n) is 16.5. The van der Waals surface area contributed by atoms with Crippen molar-refractivity contribution in [2.45, 2.75) is 52.4 Å². The van der Waals surface area contributed by atoms with Gasteiger partial charge in [0.2, 0.25) is 0 Å². The smallest absolute Gasteiger partial charge is 0.268 e. The van der Waals surface area contributed by atoms with Crippen LogP contribution in [-0.4, -0.2) is 9.67 Å². The number of hydrogen-bond donors (Lipinski definition) is 1. The molecule has 2 aromatic rings. The number of hydrogen-bond acceptors (Lipinski definition) is 4. The zero-order valence-corrected chi connectivity index (χ0v) is 17.3. The zero-order chi connectivity index (χ0) is 19.9. The second-order valence-corrected chi connectivity index (χ2v) is 9.61. The Labute approximate surface area is 158 Å². The molecule has 0 saturated carbocycles. The molecule has 0 atom stereocenters. The Morgan fingerprint density at radius 2 is 1.62 bits per heavy atom. The summed E-state index contributed by atoms with van der Waals surface area (Å²) in [4.78, 5) is 12.5. The molecule has 0 aliphatic rings. The van der Waals surface area contributed by atoms with E-state index in [2.05, 4.69) is 41.5 Å². The van der Waals surface area contributed by atoms with Crippen LogP contribution in [0, 0.1) is 11.3 Å². The Hall–Kier alpha value is -2.32. The van der Waals surface area contributed by atoms with Crippen LogP contribution in [0.1, 0.15) is 58.2 Å². The first-order chi connectivity index (χ1) is 11.9. The van der Waals surface area contributed by atoms with Gasteiger partial charge in [0.05, 0.1) is 10.6 Å². The standard InChI is InChI=1S/C21H26N2O2S/c1-20(2,3)14-10-13(11-15(18(14)24)21(4,5)6)12-16-19(25)23(7)17(26-16)8-9-22/h8,10-12,24H,1-7H3/b16-12+,17-8-. The van der Waals surface area contributed by atoms with Gasteiger partial charge in [0.25, 0.3) is 5.56 Å². The Morgan fingerprint density at radius 1 is 1.12 bits per heavy atom.